The molecule has 0 aliphatic rings. The van der Waals surface area contributed by atoms with E-state index in [4.69, 9.17) is 9.26 Å². The Labute approximate surface area is 160 Å². The first-order valence-electron chi connectivity index (χ1n) is 8.27. The molecule has 6 nitrogen and oxygen atoms in total. The minimum atomic E-state index is -0.361. The number of carbonyl (C=O) groups is 1. The zero-order chi connectivity index (χ0) is 18.4. The Morgan fingerprint density at radius 2 is 2.15 bits per heavy atom. The number of esters is 1. The Balaban J connectivity index is 1.61. The fourth-order valence-electron chi connectivity index (χ4n) is 2.26. The predicted octanol–water partition coefficient (Wildman–Crippen LogP) is 4.44. The van der Waals surface area contributed by atoms with Crippen molar-refractivity contribution in [3.63, 3.8) is 0 Å². The minimum Gasteiger partial charge on any atom is -0.456 e. The van der Waals surface area contributed by atoms with Crippen molar-refractivity contribution in [3.8, 4) is 0 Å². The molecule has 0 unspecified atom stereocenters. The van der Waals surface area contributed by atoms with E-state index in [0.717, 1.165) is 28.4 Å². The average Bonchev–Trinajstić information content (AvgIpc) is 3.27. The lowest BCUT2D eigenvalue weighted by Crippen LogP contribution is -2.07. The highest BCUT2D eigenvalue weighted by atomic mass is 32.2. The fourth-order valence-corrected chi connectivity index (χ4v) is 4.02. The number of benzene rings is 1. The number of carbonyl (C=O) groups excluding carboxylic acids is 1. The number of thiazole rings is 1. The van der Waals surface area contributed by atoms with Crippen LogP contribution in [0.3, 0.4) is 0 Å². The molecule has 2 aromatic heterocycles. The van der Waals surface area contributed by atoms with Gasteiger partial charge in [-0.3, -0.25) is 0 Å². The number of ether oxygens (including phenoxy) is 1. The van der Waals surface area contributed by atoms with Gasteiger partial charge in [-0.25, -0.2) is 9.78 Å². The summed E-state index contributed by atoms with van der Waals surface area (Å²) in [5.41, 5.74) is 1.32. The van der Waals surface area contributed by atoms with Crippen LogP contribution in [0.2, 0.25) is 0 Å². The van der Waals surface area contributed by atoms with Gasteiger partial charge in [0.15, 0.2) is 5.82 Å². The normalized spacial score (nSPS) is 10.8. The van der Waals surface area contributed by atoms with Crippen LogP contribution < -0.4 is 0 Å². The highest BCUT2D eigenvalue weighted by Crippen LogP contribution is 2.26. The van der Waals surface area contributed by atoms with Gasteiger partial charge in [-0.1, -0.05) is 24.2 Å². The molecule has 0 bridgehead atoms. The zero-order valence-electron chi connectivity index (χ0n) is 14.6. The van der Waals surface area contributed by atoms with E-state index in [9.17, 15) is 4.79 Å². The number of nitrogens with zero attached hydrogens (tertiary/aromatic N) is 3. The molecular weight excluding hydrogens is 370 g/mol. The van der Waals surface area contributed by atoms with Crippen LogP contribution in [0.4, 0.5) is 0 Å². The van der Waals surface area contributed by atoms with Gasteiger partial charge in [0, 0.05) is 10.3 Å². The lowest BCUT2D eigenvalue weighted by Gasteiger charge is -2.07. The maximum atomic E-state index is 12.5. The number of hydrogen-bond acceptors (Lipinski definition) is 8. The van der Waals surface area contributed by atoms with E-state index in [-0.39, 0.29) is 12.6 Å². The van der Waals surface area contributed by atoms with Crippen LogP contribution in [-0.2, 0) is 23.5 Å². The molecule has 1 aromatic carbocycles. The largest absolute Gasteiger partial charge is 0.456 e. The minimum absolute atomic E-state index is 0.181. The molecule has 0 saturated heterocycles. The number of thioether (sulfide) groups is 1. The molecule has 0 aliphatic carbocycles. The number of aryl methyl sites for hydroxylation is 2. The van der Waals surface area contributed by atoms with Crippen LogP contribution in [0.25, 0.3) is 0 Å². The molecule has 0 amide bonds. The Morgan fingerprint density at radius 3 is 2.92 bits per heavy atom. The highest BCUT2D eigenvalue weighted by Gasteiger charge is 2.15. The monoisotopic (exact) mass is 389 g/mol. The topological polar surface area (TPSA) is 78.1 Å². The summed E-state index contributed by atoms with van der Waals surface area (Å²) in [5, 5.41) is 6.78. The van der Waals surface area contributed by atoms with Crippen LogP contribution in [0.5, 0.6) is 0 Å². The van der Waals surface area contributed by atoms with E-state index in [0.29, 0.717) is 23.0 Å². The van der Waals surface area contributed by atoms with Crippen molar-refractivity contribution < 1.29 is 14.1 Å². The van der Waals surface area contributed by atoms with Crippen molar-refractivity contribution in [1.29, 1.82) is 0 Å². The van der Waals surface area contributed by atoms with Gasteiger partial charge in [-0.05, 0) is 31.9 Å². The predicted molar refractivity (Wildman–Crippen MR) is 100 cm³/mol. The molecular formula is C18H19N3O3S2. The van der Waals surface area contributed by atoms with E-state index in [1.807, 2.05) is 23.6 Å². The Bertz CT molecular complexity index is 876. The molecule has 0 radical (unpaired) electrons. The van der Waals surface area contributed by atoms with Crippen molar-refractivity contribution in [2.24, 2.45) is 0 Å². The molecule has 0 spiro atoms. The molecule has 3 aromatic rings. The molecule has 8 heteroatoms. The van der Waals surface area contributed by atoms with E-state index in [1.54, 1.807) is 24.3 Å². The lowest BCUT2D eigenvalue weighted by atomic mass is 10.2. The molecule has 3 rings (SSSR count). The third-order valence-corrected chi connectivity index (χ3v) is 5.46. The second-order valence-electron chi connectivity index (χ2n) is 5.58. The smallest absolute Gasteiger partial charge is 0.339 e. The molecule has 0 N–H and O–H groups in total. The number of rotatable bonds is 8. The van der Waals surface area contributed by atoms with Crippen molar-refractivity contribution in [1.82, 2.24) is 15.1 Å². The maximum absolute atomic E-state index is 12.5. The van der Waals surface area contributed by atoms with Gasteiger partial charge in [0.05, 0.1) is 22.0 Å². The summed E-state index contributed by atoms with van der Waals surface area (Å²) in [6, 6.07) is 7.34. The first kappa shape index (κ1) is 18.6. The number of aromatic nitrogens is 3. The summed E-state index contributed by atoms with van der Waals surface area (Å²) in [4.78, 5) is 21.9. The standard InChI is InChI=1S/C18H19N3O3S2/c1-3-6-17-20-13(10-26-17)9-23-18(22)14-7-4-5-8-15(14)25-11-16-19-12(2)21-24-16/h4-5,7-8,10H,3,6,9,11H2,1-2H3. The molecule has 136 valence electrons. The second-order valence-corrected chi connectivity index (χ2v) is 7.54. The van der Waals surface area contributed by atoms with Crippen molar-refractivity contribution in [2.45, 2.75) is 43.9 Å². The second kappa shape index (κ2) is 8.95. The van der Waals surface area contributed by atoms with Gasteiger partial charge < -0.3 is 9.26 Å². The Kier molecular flexibility index (Phi) is 6.40. The van der Waals surface area contributed by atoms with E-state index in [2.05, 4.69) is 22.0 Å². The van der Waals surface area contributed by atoms with Crippen LogP contribution in [0.15, 0.2) is 39.1 Å². The summed E-state index contributed by atoms with van der Waals surface area (Å²) in [7, 11) is 0. The fraction of sp³-hybridized carbons (Fsp3) is 0.333. The highest BCUT2D eigenvalue weighted by molar-refractivity contribution is 7.98. The van der Waals surface area contributed by atoms with E-state index in [1.165, 1.54) is 11.8 Å². The Morgan fingerprint density at radius 1 is 1.31 bits per heavy atom. The van der Waals surface area contributed by atoms with Crippen LogP contribution in [0.1, 0.15) is 46.1 Å². The van der Waals surface area contributed by atoms with Gasteiger partial charge in [-0.15, -0.1) is 23.1 Å². The van der Waals surface area contributed by atoms with E-state index < -0.39 is 0 Å². The average molecular weight is 390 g/mol. The third kappa shape index (κ3) is 4.92. The first-order valence-corrected chi connectivity index (χ1v) is 10.1. The van der Waals surface area contributed by atoms with Crippen LogP contribution in [0, 0.1) is 6.92 Å². The molecule has 0 atom stereocenters. The van der Waals surface area contributed by atoms with Crippen molar-refractivity contribution in [2.75, 3.05) is 0 Å². The Hall–Kier alpha value is -2.19. The van der Waals surface area contributed by atoms with Gasteiger partial charge in [0.25, 0.3) is 0 Å². The number of hydrogen-bond donors (Lipinski definition) is 0. The molecule has 0 aliphatic heterocycles. The van der Waals surface area contributed by atoms with Crippen molar-refractivity contribution >= 4 is 29.1 Å². The molecule has 0 fully saturated rings. The molecule has 2 heterocycles. The van der Waals surface area contributed by atoms with Gasteiger partial charge in [0.1, 0.15) is 6.61 Å². The SMILES string of the molecule is CCCc1nc(COC(=O)c2ccccc2SCc2nc(C)no2)cs1. The molecule has 26 heavy (non-hydrogen) atoms. The summed E-state index contributed by atoms with van der Waals surface area (Å²) in [6.45, 7) is 4.07. The maximum Gasteiger partial charge on any atom is 0.339 e. The quantitative estimate of drug-likeness (QED) is 0.416. The summed E-state index contributed by atoms with van der Waals surface area (Å²) >= 11 is 3.07. The van der Waals surface area contributed by atoms with Gasteiger partial charge in [0.2, 0.25) is 5.89 Å². The van der Waals surface area contributed by atoms with Crippen LogP contribution in [-0.4, -0.2) is 21.1 Å². The lowest BCUT2D eigenvalue weighted by molar-refractivity contribution is 0.0464. The zero-order valence-corrected chi connectivity index (χ0v) is 16.2. The van der Waals surface area contributed by atoms with Gasteiger partial charge >= 0.3 is 5.97 Å². The van der Waals surface area contributed by atoms with E-state index >= 15 is 0 Å². The summed E-state index contributed by atoms with van der Waals surface area (Å²) < 4.78 is 10.6. The molecule has 0 saturated carbocycles. The van der Waals surface area contributed by atoms with Crippen molar-refractivity contribution in [3.05, 3.63) is 57.6 Å². The summed E-state index contributed by atoms with van der Waals surface area (Å²) in [5.74, 6) is 1.26. The van der Waals surface area contributed by atoms with Gasteiger partial charge in [-0.2, -0.15) is 4.98 Å². The summed E-state index contributed by atoms with van der Waals surface area (Å²) in [6.07, 6.45) is 2.00. The third-order valence-electron chi connectivity index (χ3n) is 3.44. The first-order chi connectivity index (χ1) is 12.7. The van der Waals surface area contributed by atoms with Crippen LogP contribution >= 0.6 is 23.1 Å².